The Bertz CT molecular complexity index is 1030. The van der Waals surface area contributed by atoms with Gasteiger partial charge < -0.3 is 15.3 Å². The minimum absolute atomic E-state index is 0.125. The monoisotopic (exact) mass is 462 g/mol. The summed E-state index contributed by atoms with van der Waals surface area (Å²) in [5.41, 5.74) is 2.53. The van der Waals surface area contributed by atoms with E-state index in [1.54, 1.807) is 12.1 Å². The summed E-state index contributed by atoms with van der Waals surface area (Å²) in [7, 11) is 0. The van der Waals surface area contributed by atoms with Crippen LogP contribution in [-0.4, -0.2) is 9.97 Å². The number of H-pyrrole nitrogens is 2. The van der Waals surface area contributed by atoms with Gasteiger partial charge in [0.25, 0.3) is 5.56 Å². The van der Waals surface area contributed by atoms with E-state index in [1.807, 2.05) is 65.1 Å². The van der Waals surface area contributed by atoms with Gasteiger partial charge in [0, 0.05) is 11.4 Å². The maximum absolute atomic E-state index is 12.2. The first-order chi connectivity index (χ1) is 12.2. The van der Waals surface area contributed by atoms with Crippen molar-refractivity contribution in [2.45, 2.75) is 5.75 Å². The third-order valence-electron chi connectivity index (χ3n) is 3.44. The Morgan fingerprint density at radius 2 is 1.80 bits per heavy atom. The molecule has 1 heterocycles. The molecule has 3 rings (SSSR count). The van der Waals surface area contributed by atoms with Crippen LogP contribution in [0.5, 0.6) is 0 Å². The van der Waals surface area contributed by atoms with Gasteiger partial charge in [0.2, 0.25) is 0 Å². The Hall–Kier alpha value is -2.31. The normalized spacial score (nSPS) is 11.4. The number of hydrogen-bond acceptors (Lipinski definition) is 3. The zero-order chi connectivity index (χ0) is 17.6. The maximum atomic E-state index is 12.2. The molecule has 0 bridgehead atoms. The van der Waals surface area contributed by atoms with Crippen molar-refractivity contribution in [2.24, 2.45) is 0 Å². The summed E-state index contributed by atoms with van der Waals surface area (Å²) < 4.78 is 1.31. The van der Waals surface area contributed by atoms with E-state index in [2.05, 4.69) is 21.4 Å². The zero-order valence-corrected chi connectivity index (χ0v) is 16.1. The first-order valence-corrected chi connectivity index (χ1v) is 9.65. The second-order valence-corrected chi connectivity index (χ2v) is 7.39. The molecule has 1 aromatic heterocycles. The van der Waals surface area contributed by atoms with Gasteiger partial charge >= 0.3 is 0 Å². The number of halogens is 1. The number of hydrogen-bond donors (Lipinski definition) is 4. The number of aromatic nitrogens is 2. The largest absolute Gasteiger partial charge is 0.341 e. The molecule has 7 heteroatoms. The Labute approximate surface area is 161 Å². The van der Waals surface area contributed by atoms with Gasteiger partial charge in [0.05, 0.1) is 11.6 Å². The lowest BCUT2D eigenvalue weighted by Crippen LogP contribution is -2.14. The molecule has 3 N–H and O–H groups in total. The lowest BCUT2D eigenvalue weighted by molar-refractivity contribution is 1.07. The molecular formula is C18H15IN4OS. The first kappa shape index (κ1) is 17.5. The summed E-state index contributed by atoms with van der Waals surface area (Å²) in [5.74, 6) is 1.42. The summed E-state index contributed by atoms with van der Waals surface area (Å²) in [6, 6.07) is 19.3. The maximum Gasteiger partial charge on any atom is 0.267 e. The van der Waals surface area contributed by atoms with Gasteiger partial charge in [-0.1, -0.05) is 30.3 Å². The van der Waals surface area contributed by atoms with Gasteiger partial charge in [-0.2, -0.15) is 16.6 Å². The predicted octanol–water partition coefficient (Wildman–Crippen LogP) is 4.12. The molecular weight excluding hydrogens is 447 g/mol. The molecule has 0 atom stereocenters. The van der Waals surface area contributed by atoms with E-state index in [0.29, 0.717) is 15.0 Å². The van der Waals surface area contributed by atoms with Crippen LogP contribution >= 0.6 is 33.9 Å². The van der Waals surface area contributed by atoms with Crippen LogP contribution in [0.25, 0.3) is 0 Å². The second kappa shape index (κ2) is 8.18. The molecule has 0 aliphatic carbocycles. The summed E-state index contributed by atoms with van der Waals surface area (Å²) in [6.07, 6.45) is 0. The highest BCUT2D eigenvalue weighted by molar-refractivity contribution is 14.1. The number of nitriles is 1. The number of thiol groups is 1. The van der Waals surface area contributed by atoms with Crippen LogP contribution in [0.15, 0.2) is 59.4 Å². The topological polar surface area (TPSA) is 84.5 Å². The van der Waals surface area contributed by atoms with Crippen molar-refractivity contribution >= 4 is 45.4 Å². The number of rotatable bonds is 4. The molecule has 0 spiro atoms. The lowest BCUT2D eigenvalue weighted by atomic mass is 10.2. The van der Waals surface area contributed by atoms with Gasteiger partial charge in [0.1, 0.15) is 14.2 Å². The van der Waals surface area contributed by atoms with Crippen molar-refractivity contribution in [2.75, 3.05) is 5.32 Å². The van der Waals surface area contributed by atoms with E-state index in [9.17, 15) is 4.79 Å². The van der Waals surface area contributed by atoms with Crippen LogP contribution in [0.4, 0.5) is 11.5 Å². The molecule has 0 saturated carbocycles. The van der Waals surface area contributed by atoms with Crippen LogP contribution in [-0.2, 0) is 5.75 Å². The van der Waals surface area contributed by atoms with E-state index >= 15 is 0 Å². The second-order valence-electron chi connectivity index (χ2n) is 5.23. The van der Waals surface area contributed by atoms with Gasteiger partial charge in [-0.05, 0) is 52.4 Å². The Balaban J connectivity index is 1.88. The molecule has 2 aromatic carbocycles. The quantitative estimate of drug-likeness (QED) is 0.268. The molecule has 0 radical (unpaired) electrons. The van der Waals surface area contributed by atoms with Crippen LogP contribution in [0.1, 0.15) is 11.1 Å². The minimum Gasteiger partial charge on any atom is -0.341 e. The smallest absolute Gasteiger partial charge is 0.267 e. The van der Waals surface area contributed by atoms with Crippen molar-refractivity contribution in [3.05, 3.63) is 84.4 Å². The van der Waals surface area contributed by atoms with Crippen molar-refractivity contribution in [3.63, 3.8) is 0 Å². The van der Waals surface area contributed by atoms with Gasteiger partial charge in [0.15, 0.2) is 0 Å². The molecule has 3 aromatic rings. The fourth-order valence-electron chi connectivity index (χ4n) is 2.17. The van der Waals surface area contributed by atoms with E-state index in [0.717, 1.165) is 33.1 Å². The van der Waals surface area contributed by atoms with Crippen molar-refractivity contribution < 1.29 is 0 Å². The van der Waals surface area contributed by atoms with Gasteiger partial charge in [-0.15, -0.1) is 0 Å². The van der Waals surface area contributed by atoms with Crippen molar-refractivity contribution in [1.29, 1.82) is 5.26 Å². The number of anilines is 2. The van der Waals surface area contributed by atoms with E-state index in [4.69, 9.17) is 5.26 Å². The zero-order valence-electron chi connectivity index (χ0n) is 13.1. The lowest BCUT2D eigenvalue weighted by Gasteiger charge is -2.08. The highest BCUT2D eigenvalue weighted by Crippen LogP contribution is 2.17. The molecule has 0 fully saturated rings. The summed E-state index contributed by atoms with van der Waals surface area (Å²) in [5, 5.41) is 12.1. The number of nitrogens with zero attached hydrogens (tertiary/aromatic N) is 1. The molecule has 0 saturated heterocycles. The Kier molecular flexibility index (Phi) is 5.73. The highest BCUT2D eigenvalue weighted by Gasteiger charge is 2.05. The Morgan fingerprint density at radius 3 is 2.48 bits per heavy atom. The van der Waals surface area contributed by atoms with Crippen molar-refractivity contribution in [1.82, 2.24) is 9.97 Å². The first-order valence-electron chi connectivity index (χ1n) is 7.49. The summed E-state index contributed by atoms with van der Waals surface area (Å²) >= 11 is 2.97. The standard InChI is InChI=1S/C18H15IN4OS/c19-15-16(21-14-4-2-1-3-5-14)22-18(23-17(15)24)25-11-13-8-6-12(10-20)7-9-13/h1-9,21-22,25H,11H2,(H,23,24). The summed E-state index contributed by atoms with van der Waals surface area (Å²) in [6.45, 7) is 0. The predicted molar refractivity (Wildman–Crippen MR) is 111 cm³/mol. The van der Waals surface area contributed by atoms with Crippen molar-refractivity contribution in [3.8, 4) is 6.07 Å². The van der Waals surface area contributed by atoms with Crippen LogP contribution in [0, 0.1) is 19.7 Å². The third-order valence-corrected chi connectivity index (χ3v) is 5.53. The third kappa shape index (κ3) is 4.61. The molecule has 126 valence electrons. The van der Waals surface area contributed by atoms with E-state index < -0.39 is 0 Å². The molecule has 0 aliphatic heterocycles. The fraction of sp³-hybridized carbons (Fsp3) is 0.0556. The van der Waals surface area contributed by atoms with Crippen LogP contribution in [0.2, 0.25) is 0 Å². The number of aromatic amines is 2. The molecule has 5 nitrogen and oxygen atoms in total. The van der Waals surface area contributed by atoms with Gasteiger partial charge in [-0.3, -0.25) is 4.79 Å². The molecule has 25 heavy (non-hydrogen) atoms. The van der Waals surface area contributed by atoms with Gasteiger partial charge in [-0.25, -0.2) is 0 Å². The highest BCUT2D eigenvalue weighted by atomic mass is 127. The van der Waals surface area contributed by atoms with E-state index in [1.165, 1.54) is 0 Å². The SMILES string of the molecule is N#Cc1ccc(C[SH]=c2[nH]c(Nc3ccccc3)c(I)c(=O)[nH]2)cc1. The average Bonchev–Trinajstić information content (AvgIpc) is 2.65. The number of nitrogens with one attached hydrogen (secondary N) is 3. The number of para-hydroxylation sites is 1. The fourth-order valence-corrected chi connectivity index (χ4v) is 3.49. The average molecular weight is 462 g/mol. The molecule has 0 unspecified atom stereocenters. The summed E-state index contributed by atoms with van der Waals surface area (Å²) in [4.78, 5) is 18.3. The Morgan fingerprint density at radius 1 is 1.08 bits per heavy atom. The van der Waals surface area contributed by atoms with Crippen LogP contribution in [0.3, 0.4) is 0 Å². The van der Waals surface area contributed by atoms with E-state index in [-0.39, 0.29) is 5.56 Å². The molecule has 0 aliphatic rings. The number of benzene rings is 2. The molecule has 0 amide bonds. The van der Waals surface area contributed by atoms with Crippen LogP contribution < -0.4 is 10.9 Å². The minimum atomic E-state index is -0.125.